The molecule has 30 heavy (non-hydrogen) atoms. The molecule has 0 aliphatic carbocycles. The van der Waals surface area contributed by atoms with Crippen LogP contribution in [0.4, 0.5) is 4.39 Å². The fraction of sp³-hybridized carbons (Fsp3) is 0.409. The average Bonchev–Trinajstić information content (AvgIpc) is 2.70. The molecule has 2 aromatic rings. The van der Waals surface area contributed by atoms with Crippen LogP contribution in [-0.2, 0) is 28.0 Å². The van der Waals surface area contributed by atoms with Crippen LogP contribution in [0.5, 0.6) is 0 Å². The van der Waals surface area contributed by atoms with Crippen LogP contribution in [0.3, 0.4) is 0 Å². The number of hydrogen-bond acceptors (Lipinski definition) is 3. The molecule has 162 valence electrons. The SMILES string of the molecule is CC(CCc1ccccc1)NC(=O)CN1CCCN(Cc2cccc(F)c2)S1(=O)=O. The summed E-state index contributed by atoms with van der Waals surface area (Å²) in [5.41, 5.74) is 1.78. The number of nitrogens with one attached hydrogen (secondary N) is 1. The zero-order chi connectivity index (χ0) is 21.6. The third kappa shape index (κ3) is 6.10. The molecule has 1 fully saturated rings. The molecular weight excluding hydrogens is 405 g/mol. The van der Waals surface area contributed by atoms with Crippen LogP contribution < -0.4 is 5.32 Å². The van der Waals surface area contributed by atoms with Crippen molar-refractivity contribution in [3.63, 3.8) is 0 Å². The van der Waals surface area contributed by atoms with Crippen LogP contribution in [0.1, 0.15) is 30.9 Å². The number of carbonyl (C=O) groups excluding carboxylic acids is 1. The quantitative estimate of drug-likeness (QED) is 0.696. The first-order chi connectivity index (χ1) is 14.3. The van der Waals surface area contributed by atoms with E-state index in [1.165, 1.54) is 26.3 Å². The standard InChI is InChI=1S/C22H28FN3O3S/c1-18(11-12-19-7-3-2-4-8-19)24-22(27)17-26-14-6-13-25(30(26,28)29)16-20-9-5-10-21(23)15-20/h2-5,7-10,15,18H,6,11-14,16-17H2,1H3,(H,24,27). The van der Waals surface area contributed by atoms with Crippen LogP contribution in [0.25, 0.3) is 0 Å². The van der Waals surface area contributed by atoms with E-state index in [-0.39, 0.29) is 25.0 Å². The van der Waals surface area contributed by atoms with Crippen molar-refractivity contribution >= 4 is 16.1 Å². The van der Waals surface area contributed by atoms with E-state index in [1.54, 1.807) is 12.1 Å². The van der Waals surface area contributed by atoms with Gasteiger partial charge in [0, 0.05) is 25.7 Å². The predicted molar refractivity (Wildman–Crippen MR) is 114 cm³/mol. The van der Waals surface area contributed by atoms with E-state index in [4.69, 9.17) is 0 Å². The lowest BCUT2D eigenvalue weighted by Gasteiger charge is -2.34. The summed E-state index contributed by atoms with van der Waals surface area (Å²) in [6, 6.07) is 15.9. The Balaban J connectivity index is 1.53. The number of carbonyl (C=O) groups is 1. The highest BCUT2D eigenvalue weighted by Crippen LogP contribution is 2.19. The van der Waals surface area contributed by atoms with Gasteiger partial charge in [0.25, 0.3) is 10.2 Å². The smallest absolute Gasteiger partial charge is 0.282 e. The van der Waals surface area contributed by atoms with Gasteiger partial charge in [0.15, 0.2) is 0 Å². The highest BCUT2D eigenvalue weighted by molar-refractivity contribution is 7.86. The third-order valence-corrected chi connectivity index (χ3v) is 7.08. The summed E-state index contributed by atoms with van der Waals surface area (Å²) in [5, 5.41) is 2.89. The monoisotopic (exact) mass is 433 g/mol. The molecule has 1 atom stereocenters. The minimum absolute atomic E-state index is 0.0615. The molecular formula is C22H28FN3O3S. The van der Waals surface area contributed by atoms with Crippen LogP contribution in [-0.4, -0.2) is 48.6 Å². The van der Waals surface area contributed by atoms with E-state index in [9.17, 15) is 17.6 Å². The third-order valence-electron chi connectivity index (χ3n) is 5.15. The number of aryl methyl sites for hydroxylation is 1. The largest absolute Gasteiger partial charge is 0.352 e. The van der Waals surface area contributed by atoms with Gasteiger partial charge < -0.3 is 5.32 Å². The Morgan fingerprint density at radius 2 is 1.77 bits per heavy atom. The molecule has 0 aromatic heterocycles. The highest BCUT2D eigenvalue weighted by atomic mass is 32.2. The Bertz CT molecular complexity index is 953. The highest BCUT2D eigenvalue weighted by Gasteiger charge is 2.34. The second-order valence-corrected chi connectivity index (χ2v) is 9.58. The minimum atomic E-state index is -3.78. The summed E-state index contributed by atoms with van der Waals surface area (Å²) in [7, 11) is -3.78. The summed E-state index contributed by atoms with van der Waals surface area (Å²) < 4.78 is 41.8. The van der Waals surface area contributed by atoms with E-state index in [0.29, 0.717) is 25.1 Å². The van der Waals surface area contributed by atoms with E-state index in [1.807, 2.05) is 37.3 Å². The molecule has 6 nitrogen and oxygen atoms in total. The van der Waals surface area contributed by atoms with Crippen molar-refractivity contribution in [2.24, 2.45) is 0 Å². The normalized spacial score (nSPS) is 18.1. The molecule has 0 radical (unpaired) electrons. The lowest BCUT2D eigenvalue weighted by atomic mass is 10.1. The van der Waals surface area contributed by atoms with Gasteiger partial charge >= 0.3 is 0 Å². The van der Waals surface area contributed by atoms with E-state index in [2.05, 4.69) is 5.32 Å². The second kappa shape index (κ2) is 10.1. The van der Waals surface area contributed by atoms with Crippen LogP contribution in [0.2, 0.25) is 0 Å². The van der Waals surface area contributed by atoms with Crippen molar-refractivity contribution in [1.82, 2.24) is 13.9 Å². The van der Waals surface area contributed by atoms with E-state index in [0.717, 1.165) is 12.8 Å². The number of benzene rings is 2. The zero-order valence-corrected chi connectivity index (χ0v) is 17.9. The first-order valence-electron chi connectivity index (χ1n) is 10.2. The Hall–Kier alpha value is -2.29. The maximum atomic E-state index is 13.4. The number of amides is 1. The summed E-state index contributed by atoms with van der Waals surface area (Å²) in [4.78, 5) is 12.4. The molecule has 1 unspecified atom stereocenters. The molecule has 3 rings (SSSR count). The minimum Gasteiger partial charge on any atom is -0.352 e. The van der Waals surface area contributed by atoms with Crippen molar-refractivity contribution in [2.75, 3.05) is 19.6 Å². The average molecular weight is 434 g/mol. The molecule has 1 N–H and O–H groups in total. The molecule has 1 aliphatic heterocycles. The van der Waals surface area contributed by atoms with Crippen LogP contribution in [0, 0.1) is 5.82 Å². The van der Waals surface area contributed by atoms with Crippen LogP contribution in [0.15, 0.2) is 54.6 Å². The van der Waals surface area contributed by atoms with E-state index < -0.39 is 16.0 Å². The number of hydrogen-bond donors (Lipinski definition) is 1. The molecule has 0 spiro atoms. The number of nitrogens with zero attached hydrogens (tertiary/aromatic N) is 2. The number of halogens is 1. The first-order valence-corrected chi connectivity index (χ1v) is 11.6. The van der Waals surface area contributed by atoms with Gasteiger partial charge in [-0.25, -0.2) is 4.39 Å². The Morgan fingerprint density at radius 3 is 2.50 bits per heavy atom. The van der Waals surface area contributed by atoms with Crippen molar-refractivity contribution in [3.8, 4) is 0 Å². The molecule has 1 heterocycles. The van der Waals surface area contributed by atoms with Gasteiger partial charge in [0.05, 0.1) is 6.54 Å². The lowest BCUT2D eigenvalue weighted by molar-refractivity contribution is -0.122. The van der Waals surface area contributed by atoms with E-state index >= 15 is 0 Å². The molecule has 1 saturated heterocycles. The molecule has 2 aromatic carbocycles. The Kier molecular flexibility index (Phi) is 7.58. The van der Waals surface area contributed by atoms with Gasteiger partial charge in [-0.2, -0.15) is 17.0 Å². The van der Waals surface area contributed by atoms with Gasteiger partial charge in [0.2, 0.25) is 5.91 Å². The zero-order valence-electron chi connectivity index (χ0n) is 17.1. The maximum Gasteiger partial charge on any atom is 0.282 e. The van der Waals surface area contributed by atoms with Crippen molar-refractivity contribution < 1.29 is 17.6 Å². The molecule has 8 heteroatoms. The van der Waals surface area contributed by atoms with Gasteiger partial charge in [-0.15, -0.1) is 0 Å². The van der Waals surface area contributed by atoms with Gasteiger partial charge in [0.1, 0.15) is 5.82 Å². The predicted octanol–water partition coefficient (Wildman–Crippen LogP) is 2.72. The summed E-state index contributed by atoms with van der Waals surface area (Å²) in [6.45, 7) is 2.45. The summed E-state index contributed by atoms with van der Waals surface area (Å²) in [5.74, 6) is -0.714. The second-order valence-electron chi connectivity index (χ2n) is 7.65. The van der Waals surface area contributed by atoms with Crippen molar-refractivity contribution in [3.05, 3.63) is 71.5 Å². The van der Waals surface area contributed by atoms with Gasteiger partial charge in [-0.3, -0.25) is 4.79 Å². The first kappa shape index (κ1) is 22.4. The molecule has 0 saturated carbocycles. The molecule has 1 amide bonds. The van der Waals surface area contributed by atoms with Crippen LogP contribution >= 0.6 is 0 Å². The number of rotatable bonds is 8. The van der Waals surface area contributed by atoms with Crippen molar-refractivity contribution in [2.45, 2.75) is 38.8 Å². The molecule has 0 bridgehead atoms. The maximum absolute atomic E-state index is 13.4. The lowest BCUT2D eigenvalue weighted by Crippen LogP contribution is -2.52. The molecule has 1 aliphatic rings. The Labute approximate surface area is 177 Å². The fourth-order valence-electron chi connectivity index (χ4n) is 3.56. The van der Waals surface area contributed by atoms with Gasteiger partial charge in [-0.05, 0) is 49.4 Å². The van der Waals surface area contributed by atoms with Gasteiger partial charge in [-0.1, -0.05) is 42.5 Å². The summed E-state index contributed by atoms with van der Waals surface area (Å²) in [6.07, 6.45) is 2.23. The van der Waals surface area contributed by atoms with Crippen molar-refractivity contribution in [1.29, 1.82) is 0 Å². The summed E-state index contributed by atoms with van der Waals surface area (Å²) >= 11 is 0. The Morgan fingerprint density at radius 1 is 1.07 bits per heavy atom. The topological polar surface area (TPSA) is 69.7 Å². The fourth-order valence-corrected chi connectivity index (χ4v) is 5.20.